The van der Waals surface area contributed by atoms with Gasteiger partial charge in [-0.2, -0.15) is 0 Å². The molecule has 0 unspecified atom stereocenters. The van der Waals surface area contributed by atoms with E-state index in [-0.39, 0.29) is 24.8 Å². The van der Waals surface area contributed by atoms with Crippen LogP contribution in [-0.2, 0) is 33.3 Å². The van der Waals surface area contributed by atoms with E-state index in [0.29, 0.717) is 21.8 Å². The molecule has 0 aliphatic carbocycles. The highest BCUT2D eigenvalue weighted by atomic mass is 35.5. The molecule has 4 heteroatoms. The van der Waals surface area contributed by atoms with Gasteiger partial charge in [0.05, 0.1) is 25.0 Å². The monoisotopic (exact) mass is 326 g/mol. The molecule has 1 aromatic carbocycles. The largest absolute Gasteiger partial charge is 1.00 e. The molecular weight excluding hydrogens is 303 g/mol. The molecule has 0 aromatic heterocycles. The summed E-state index contributed by atoms with van der Waals surface area (Å²) in [7, 11) is 0.999. The SMILES string of the molecule is Cc1cc(C[S+](C)C)c(C)cc1C[S+](C)C.[Cl-].[Cl-]. The minimum absolute atomic E-state index is 0. The van der Waals surface area contributed by atoms with Crippen LogP contribution in [-0.4, -0.2) is 25.0 Å². The molecule has 1 rings (SSSR count). The highest BCUT2D eigenvalue weighted by Gasteiger charge is 2.13. The highest BCUT2D eigenvalue weighted by molar-refractivity contribution is 7.95. The summed E-state index contributed by atoms with van der Waals surface area (Å²) in [5.74, 6) is 2.47. The van der Waals surface area contributed by atoms with Crippen molar-refractivity contribution < 1.29 is 24.8 Å². The quantitative estimate of drug-likeness (QED) is 0.520. The van der Waals surface area contributed by atoms with Crippen molar-refractivity contribution in [3.8, 4) is 0 Å². The average Bonchev–Trinajstić information content (AvgIpc) is 2.11. The lowest BCUT2D eigenvalue weighted by Crippen LogP contribution is -3.00. The Labute approximate surface area is 131 Å². The second-order valence-electron chi connectivity index (χ2n) is 4.97. The van der Waals surface area contributed by atoms with Gasteiger partial charge in [-0.3, -0.25) is 0 Å². The van der Waals surface area contributed by atoms with Gasteiger partial charge in [0, 0.05) is 11.1 Å². The van der Waals surface area contributed by atoms with Crippen LogP contribution in [0, 0.1) is 13.8 Å². The van der Waals surface area contributed by atoms with Gasteiger partial charge in [0.15, 0.2) is 0 Å². The molecule has 0 N–H and O–H groups in total. The highest BCUT2D eigenvalue weighted by Crippen LogP contribution is 2.20. The van der Waals surface area contributed by atoms with Crippen molar-refractivity contribution in [2.45, 2.75) is 25.4 Å². The van der Waals surface area contributed by atoms with E-state index in [4.69, 9.17) is 0 Å². The lowest BCUT2D eigenvalue weighted by atomic mass is 10.0. The predicted molar refractivity (Wildman–Crippen MR) is 81.8 cm³/mol. The Hall–Kier alpha value is 0.500. The van der Waals surface area contributed by atoms with E-state index < -0.39 is 0 Å². The van der Waals surface area contributed by atoms with E-state index in [0.717, 1.165) is 0 Å². The maximum absolute atomic E-state index is 2.41. The summed E-state index contributed by atoms with van der Waals surface area (Å²) in [6.07, 6.45) is 9.27. The first-order valence-electron chi connectivity index (χ1n) is 5.57. The Morgan fingerprint density at radius 2 is 1.00 bits per heavy atom. The molecule has 106 valence electrons. The fraction of sp³-hybridized carbons (Fsp3) is 0.571. The Bertz CT molecular complexity index is 327. The lowest BCUT2D eigenvalue weighted by Gasteiger charge is -2.10. The Balaban J connectivity index is 0. The molecule has 0 aliphatic heterocycles. The third-order valence-corrected chi connectivity index (χ3v) is 4.46. The molecule has 0 amide bonds. The second-order valence-corrected chi connectivity index (χ2v) is 9.48. The molecule has 0 saturated heterocycles. The van der Waals surface area contributed by atoms with E-state index in [1.165, 1.54) is 22.6 Å². The predicted octanol–water partition coefficient (Wildman–Crippen LogP) is -2.93. The number of benzene rings is 1. The van der Waals surface area contributed by atoms with Crippen molar-refractivity contribution in [2.75, 3.05) is 25.0 Å². The zero-order chi connectivity index (χ0) is 12.3. The van der Waals surface area contributed by atoms with Gasteiger partial charge in [0.25, 0.3) is 0 Å². The van der Waals surface area contributed by atoms with Crippen molar-refractivity contribution in [1.82, 2.24) is 0 Å². The molecule has 0 nitrogen and oxygen atoms in total. The smallest absolute Gasteiger partial charge is 0.132 e. The summed E-state index contributed by atoms with van der Waals surface area (Å²) in [6, 6.07) is 4.81. The fourth-order valence-corrected chi connectivity index (χ4v) is 3.73. The van der Waals surface area contributed by atoms with Gasteiger partial charge in [0.2, 0.25) is 0 Å². The lowest BCUT2D eigenvalue weighted by molar-refractivity contribution is -0.00100. The van der Waals surface area contributed by atoms with Crippen LogP contribution < -0.4 is 24.8 Å². The van der Waals surface area contributed by atoms with Gasteiger partial charge in [-0.15, -0.1) is 0 Å². The molecule has 0 spiro atoms. The van der Waals surface area contributed by atoms with Gasteiger partial charge in [-0.25, -0.2) is 0 Å². The molecule has 18 heavy (non-hydrogen) atoms. The van der Waals surface area contributed by atoms with E-state index in [1.807, 2.05) is 0 Å². The van der Waals surface area contributed by atoms with E-state index in [2.05, 4.69) is 51.0 Å². The van der Waals surface area contributed by atoms with Crippen LogP contribution >= 0.6 is 0 Å². The van der Waals surface area contributed by atoms with Crippen LogP contribution in [0.1, 0.15) is 22.3 Å². The summed E-state index contributed by atoms with van der Waals surface area (Å²) >= 11 is 0. The maximum Gasteiger partial charge on any atom is 0.132 e. The normalized spacial score (nSPS) is 10.2. The Morgan fingerprint density at radius 1 is 0.722 bits per heavy atom. The van der Waals surface area contributed by atoms with Gasteiger partial charge in [-0.1, -0.05) is 12.1 Å². The van der Waals surface area contributed by atoms with E-state index in [1.54, 1.807) is 11.1 Å². The van der Waals surface area contributed by atoms with Crippen LogP contribution in [0.2, 0.25) is 0 Å². The summed E-state index contributed by atoms with van der Waals surface area (Å²) in [6.45, 7) is 4.52. The van der Waals surface area contributed by atoms with Crippen molar-refractivity contribution in [3.05, 3.63) is 34.4 Å². The van der Waals surface area contributed by atoms with Gasteiger partial charge in [-0.05, 0) is 46.8 Å². The first-order valence-corrected chi connectivity index (χ1v) is 9.99. The van der Waals surface area contributed by atoms with Crippen LogP contribution in [0.3, 0.4) is 0 Å². The van der Waals surface area contributed by atoms with Crippen molar-refractivity contribution in [3.63, 3.8) is 0 Å². The molecule has 0 bridgehead atoms. The minimum Gasteiger partial charge on any atom is -1.00 e. The summed E-state index contributed by atoms with van der Waals surface area (Å²) in [5, 5.41) is 0. The number of hydrogen-bond acceptors (Lipinski definition) is 0. The average molecular weight is 327 g/mol. The van der Waals surface area contributed by atoms with Crippen molar-refractivity contribution >= 4 is 21.8 Å². The second kappa shape index (κ2) is 9.41. The summed E-state index contributed by atoms with van der Waals surface area (Å²) < 4.78 is 0. The molecule has 0 saturated carbocycles. The van der Waals surface area contributed by atoms with Crippen molar-refractivity contribution in [2.24, 2.45) is 0 Å². The molecule has 0 radical (unpaired) electrons. The van der Waals surface area contributed by atoms with Crippen LogP contribution in [0.5, 0.6) is 0 Å². The molecule has 0 aliphatic rings. The minimum atomic E-state index is 0. The molecule has 0 fully saturated rings. The maximum atomic E-state index is 2.41. The summed E-state index contributed by atoms with van der Waals surface area (Å²) in [5.41, 5.74) is 6.04. The molecular formula is C14H24Cl2S2. The molecule has 0 atom stereocenters. The summed E-state index contributed by atoms with van der Waals surface area (Å²) in [4.78, 5) is 0. The number of aryl methyl sites for hydroxylation is 2. The van der Waals surface area contributed by atoms with Crippen LogP contribution in [0.25, 0.3) is 0 Å². The van der Waals surface area contributed by atoms with E-state index >= 15 is 0 Å². The zero-order valence-electron chi connectivity index (χ0n) is 12.1. The van der Waals surface area contributed by atoms with Crippen LogP contribution in [0.15, 0.2) is 12.1 Å². The molecule has 1 aromatic rings. The standard InChI is InChI=1S/C14H24S2.2ClH/c1-11-7-14(10-16(5)6)12(2)8-13(11)9-15(3)4;;/h7-8H,9-10H2,1-6H3;2*1H/q+2;;/p-2. The van der Waals surface area contributed by atoms with Crippen molar-refractivity contribution in [1.29, 1.82) is 0 Å². The van der Waals surface area contributed by atoms with E-state index in [9.17, 15) is 0 Å². The van der Waals surface area contributed by atoms with Crippen LogP contribution in [0.4, 0.5) is 0 Å². The topological polar surface area (TPSA) is 0 Å². The fourth-order valence-electron chi connectivity index (χ4n) is 1.87. The Morgan fingerprint density at radius 3 is 1.22 bits per heavy atom. The van der Waals surface area contributed by atoms with Gasteiger partial charge >= 0.3 is 0 Å². The number of hydrogen-bond donors (Lipinski definition) is 0. The van der Waals surface area contributed by atoms with Gasteiger partial charge < -0.3 is 24.8 Å². The third-order valence-electron chi connectivity index (χ3n) is 2.68. The Kier molecular flexibility index (Phi) is 10.9. The zero-order valence-corrected chi connectivity index (χ0v) is 15.3. The first-order chi connectivity index (χ1) is 7.40. The van der Waals surface area contributed by atoms with Gasteiger partial charge in [0.1, 0.15) is 11.5 Å². The third kappa shape index (κ3) is 6.60. The number of halogens is 2. The molecule has 0 heterocycles. The number of rotatable bonds is 4. The first kappa shape index (κ1) is 20.8.